The summed E-state index contributed by atoms with van der Waals surface area (Å²) in [5.74, 6) is 0.847. The molecule has 3 saturated heterocycles. The van der Waals surface area contributed by atoms with Gasteiger partial charge in [-0.1, -0.05) is 20.8 Å². The van der Waals surface area contributed by atoms with E-state index in [2.05, 4.69) is 37.2 Å². The van der Waals surface area contributed by atoms with Crippen LogP contribution in [0.15, 0.2) is 11.8 Å². The second-order valence-electron chi connectivity index (χ2n) is 8.65. The lowest BCUT2D eigenvalue weighted by Gasteiger charge is -2.44. The first-order valence-electron chi connectivity index (χ1n) is 9.52. The number of nitrogens with one attached hydrogen (secondary N) is 1. The molecule has 1 saturated carbocycles. The molecular formula is C19H32N2O2. The highest BCUT2D eigenvalue weighted by Gasteiger charge is 2.66. The third kappa shape index (κ3) is 2.37. The Morgan fingerprint density at radius 3 is 2.74 bits per heavy atom. The van der Waals surface area contributed by atoms with Crippen LogP contribution >= 0.6 is 0 Å². The molecule has 0 aromatic heterocycles. The lowest BCUT2D eigenvalue weighted by molar-refractivity contribution is -0.269. The first-order chi connectivity index (χ1) is 10.9. The van der Waals surface area contributed by atoms with Crippen molar-refractivity contribution in [1.82, 2.24) is 10.2 Å². The van der Waals surface area contributed by atoms with Crippen LogP contribution in [0.3, 0.4) is 0 Å². The molecule has 0 amide bonds. The molecule has 4 rings (SSSR count). The molecule has 0 aromatic carbocycles. The maximum Gasteiger partial charge on any atom is 0.173 e. The van der Waals surface area contributed by atoms with Gasteiger partial charge in [0.2, 0.25) is 0 Å². The fraction of sp³-hybridized carbons (Fsp3) is 0.895. The summed E-state index contributed by atoms with van der Waals surface area (Å²) in [4.78, 5) is 2.45. The van der Waals surface area contributed by atoms with E-state index in [1.165, 1.54) is 18.4 Å². The van der Waals surface area contributed by atoms with E-state index < -0.39 is 5.79 Å². The second kappa shape index (κ2) is 5.47. The van der Waals surface area contributed by atoms with Crippen molar-refractivity contribution >= 4 is 0 Å². The minimum absolute atomic E-state index is 0.109. The van der Waals surface area contributed by atoms with Crippen LogP contribution in [-0.4, -0.2) is 47.6 Å². The van der Waals surface area contributed by atoms with E-state index in [1.807, 2.05) is 0 Å². The average molecular weight is 320 g/mol. The molecule has 5 unspecified atom stereocenters. The molecule has 2 bridgehead atoms. The molecule has 4 aliphatic rings. The Morgan fingerprint density at radius 2 is 2.04 bits per heavy atom. The zero-order valence-electron chi connectivity index (χ0n) is 14.8. The van der Waals surface area contributed by atoms with Crippen LogP contribution in [0, 0.1) is 23.7 Å². The zero-order valence-corrected chi connectivity index (χ0v) is 14.8. The fourth-order valence-corrected chi connectivity index (χ4v) is 5.73. The predicted molar refractivity (Wildman–Crippen MR) is 90.7 cm³/mol. The molecule has 3 aliphatic heterocycles. The maximum atomic E-state index is 11.3. The van der Waals surface area contributed by atoms with Crippen molar-refractivity contribution in [2.45, 2.75) is 57.8 Å². The summed E-state index contributed by atoms with van der Waals surface area (Å²) < 4.78 is 6.49. The number of hydrogen-bond acceptors (Lipinski definition) is 4. The number of nitrogens with zero attached hydrogens (tertiary/aromatic N) is 1. The largest absolute Gasteiger partial charge is 0.375 e. The van der Waals surface area contributed by atoms with E-state index >= 15 is 0 Å². The molecule has 23 heavy (non-hydrogen) atoms. The molecule has 5 atom stereocenters. The van der Waals surface area contributed by atoms with Gasteiger partial charge in [0.15, 0.2) is 5.79 Å². The van der Waals surface area contributed by atoms with Gasteiger partial charge in [0.1, 0.15) is 0 Å². The fourth-order valence-electron chi connectivity index (χ4n) is 5.73. The van der Waals surface area contributed by atoms with E-state index in [1.54, 1.807) is 0 Å². The Morgan fingerprint density at radius 1 is 1.30 bits per heavy atom. The van der Waals surface area contributed by atoms with Crippen molar-refractivity contribution in [1.29, 1.82) is 0 Å². The summed E-state index contributed by atoms with van der Waals surface area (Å²) in [6, 6.07) is 0. The topological polar surface area (TPSA) is 44.7 Å². The van der Waals surface area contributed by atoms with Gasteiger partial charge in [0, 0.05) is 44.4 Å². The Balaban J connectivity index is 1.69. The van der Waals surface area contributed by atoms with Crippen LogP contribution in [0.5, 0.6) is 0 Å². The van der Waals surface area contributed by atoms with E-state index in [4.69, 9.17) is 4.74 Å². The van der Waals surface area contributed by atoms with Gasteiger partial charge in [0.05, 0.1) is 5.60 Å². The first-order valence-corrected chi connectivity index (χ1v) is 9.52. The van der Waals surface area contributed by atoms with Crippen molar-refractivity contribution in [2.75, 3.05) is 26.2 Å². The Kier molecular flexibility index (Phi) is 3.78. The van der Waals surface area contributed by atoms with E-state index in [-0.39, 0.29) is 11.5 Å². The standard InChI is InChI=1S/C19H32N2O2/c1-13(2)17-11-18-14(3)4-5-16(18)15(10-19(17,22)23-18)12-21-8-6-20-7-9-21/h12-14,16-17,20,22H,4-11H2,1-3H3/b15-12+. The smallest absolute Gasteiger partial charge is 0.173 e. The molecule has 0 radical (unpaired) electrons. The van der Waals surface area contributed by atoms with Crippen molar-refractivity contribution in [2.24, 2.45) is 23.7 Å². The highest BCUT2D eigenvalue weighted by atomic mass is 16.6. The molecule has 0 aromatic rings. The Bertz CT molecular complexity index is 500. The Labute approximate surface area is 140 Å². The molecule has 130 valence electrons. The molecule has 4 fully saturated rings. The highest BCUT2D eigenvalue weighted by Crippen LogP contribution is 2.64. The van der Waals surface area contributed by atoms with Gasteiger partial charge in [-0.15, -0.1) is 0 Å². The third-order valence-corrected chi connectivity index (χ3v) is 7.01. The molecule has 4 nitrogen and oxygen atoms in total. The number of aliphatic hydroxyl groups is 1. The van der Waals surface area contributed by atoms with E-state index in [0.717, 1.165) is 32.6 Å². The van der Waals surface area contributed by atoms with Crippen molar-refractivity contribution in [3.63, 3.8) is 0 Å². The number of piperazine rings is 1. The van der Waals surface area contributed by atoms with Gasteiger partial charge in [-0.2, -0.15) is 0 Å². The molecule has 1 aliphatic carbocycles. The normalized spacial score (nSPS) is 48.3. The van der Waals surface area contributed by atoms with Crippen molar-refractivity contribution in [3.05, 3.63) is 11.8 Å². The monoisotopic (exact) mass is 320 g/mol. The molecule has 3 heterocycles. The molecular weight excluding hydrogens is 288 g/mol. The van der Waals surface area contributed by atoms with Crippen LogP contribution in [0.25, 0.3) is 0 Å². The van der Waals surface area contributed by atoms with Crippen LogP contribution in [0.1, 0.15) is 46.5 Å². The van der Waals surface area contributed by atoms with Gasteiger partial charge in [-0.3, -0.25) is 0 Å². The third-order valence-electron chi connectivity index (χ3n) is 7.01. The van der Waals surface area contributed by atoms with Crippen molar-refractivity contribution < 1.29 is 9.84 Å². The van der Waals surface area contributed by atoms with Gasteiger partial charge < -0.3 is 20.1 Å². The summed E-state index contributed by atoms with van der Waals surface area (Å²) in [7, 11) is 0. The van der Waals surface area contributed by atoms with Crippen LogP contribution in [0.4, 0.5) is 0 Å². The van der Waals surface area contributed by atoms with Crippen LogP contribution in [-0.2, 0) is 4.74 Å². The van der Waals surface area contributed by atoms with Gasteiger partial charge in [-0.25, -0.2) is 0 Å². The second-order valence-corrected chi connectivity index (χ2v) is 8.65. The summed E-state index contributed by atoms with van der Waals surface area (Å²) in [5, 5.41) is 14.7. The van der Waals surface area contributed by atoms with Crippen LogP contribution in [0.2, 0.25) is 0 Å². The maximum absolute atomic E-state index is 11.3. The highest BCUT2D eigenvalue weighted by molar-refractivity contribution is 5.26. The summed E-state index contributed by atoms with van der Waals surface area (Å²) in [6.07, 6.45) is 6.57. The quantitative estimate of drug-likeness (QED) is 0.820. The molecule has 2 N–H and O–H groups in total. The summed E-state index contributed by atoms with van der Waals surface area (Å²) in [6.45, 7) is 11.1. The number of fused-ring (bicyclic) bond motifs is 1. The number of ether oxygens (including phenoxy) is 1. The minimum Gasteiger partial charge on any atom is -0.375 e. The zero-order chi connectivity index (χ0) is 16.2. The van der Waals surface area contributed by atoms with Gasteiger partial charge >= 0.3 is 0 Å². The minimum atomic E-state index is -0.941. The lowest BCUT2D eigenvalue weighted by Crippen LogP contribution is -2.49. The van der Waals surface area contributed by atoms with Crippen molar-refractivity contribution in [3.8, 4) is 0 Å². The Hall–Kier alpha value is -0.580. The van der Waals surface area contributed by atoms with Gasteiger partial charge in [-0.05, 0) is 42.9 Å². The van der Waals surface area contributed by atoms with E-state index in [0.29, 0.717) is 24.2 Å². The summed E-state index contributed by atoms with van der Waals surface area (Å²) in [5.41, 5.74) is 1.34. The first kappa shape index (κ1) is 15.9. The average Bonchev–Trinajstić information content (AvgIpc) is 2.96. The van der Waals surface area contributed by atoms with E-state index in [9.17, 15) is 5.11 Å². The van der Waals surface area contributed by atoms with Crippen LogP contribution < -0.4 is 5.32 Å². The predicted octanol–water partition coefficient (Wildman–Crippen LogP) is 2.35. The molecule has 1 spiro atoms. The molecule has 4 heteroatoms. The summed E-state index contributed by atoms with van der Waals surface area (Å²) >= 11 is 0. The SMILES string of the molecule is CC(C)C1CC23OC1(O)C/C(=C\N1CCNCC1)C2CCC3C. The number of hydrogen-bond donors (Lipinski definition) is 2. The van der Waals surface area contributed by atoms with Gasteiger partial charge in [0.25, 0.3) is 0 Å². The number of rotatable bonds is 2. The lowest BCUT2D eigenvalue weighted by atomic mass is 9.77.